The van der Waals surface area contributed by atoms with Gasteiger partial charge in [-0.3, -0.25) is 0 Å². The Morgan fingerprint density at radius 2 is 0.630 bits per heavy atom. The summed E-state index contributed by atoms with van der Waals surface area (Å²) in [6.07, 6.45) is 36.0. The monoisotopic (exact) mass is 727 g/mol. The molecular weight excluding hydrogens is 653 g/mol. The number of aromatic nitrogens is 2. The number of aryl methyl sites for hydroxylation is 4. The highest BCUT2D eigenvalue weighted by atomic mass is 14.9. The number of benzene rings is 4. The molecule has 2 heteroatoms. The molecule has 0 bridgehead atoms. The number of rotatable bonds is 26. The molecule has 0 aliphatic carbocycles. The Bertz CT molecular complexity index is 1890. The number of fused-ring (bicyclic) bond motifs is 7. The van der Waals surface area contributed by atoms with E-state index >= 15 is 0 Å². The number of nitrogens with zero attached hydrogens (tertiary/aromatic N) is 2. The highest BCUT2D eigenvalue weighted by Gasteiger charge is 2.13. The zero-order valence-electron chi connectivity index (χ0n) is 35.1. The van der Waals surface area contributed by atoms with Crippen LogP contribution in [0.15, 0.2) is 60.7 Å². The Balaban J connectivity index is 1.04. The number of hydrogen-bond acceptors (Lipinski definition) is 0. The lowest BCUT2D eigenvalue weighted by atomic mass is 9.95. The maximum atomic E-state index is 2.47. The maximum Gasteiger partial charge on any atom is 0.0486 e. The third-order valence-corrected chi connectivity index (χ3v) is 12.9. The van der Waals surface area contributed by atoms with E-state index in [-0.39, 0.29) is 0 Å². The Hall–Kier alpha value is -3.26. The van der Waals surface area contributed by atoms with Gasteiger partial charge < -0.3 is 9.13 Å². The molecule has 2 heterocycles. The van der Waals surface area contributed by atoms with Crippen molar-refractivity contribution in [2.45, 2.75) is 181 Å². The van der Waals surface area contributed by atoms with Crippen LogP contribution in [0.4, 0.5) is 0 Å². The van der Waals surface area contributed by atoms with Crippen LogP contribution in [0.25, 0.3) is 54.1 Å². The van der Waals surface area contributed by atoms with E-state index in [0.29, 0.717) is 0 Å². The van der Waals surface area contributed by atoms with Crippen molar-refractivity contribution < 1.29 is 0 Å². The van der Waals surface area contributed by atoms with E-state index in [9.17, 15) is 0 Å². The summed E-state index contributed by atoms with van der Waals surface area (Å²) in [6.45, 7) is 4.61. The lowest BCUT2D eigenvalue weighted by Gasteiger charge is -2.10. The lowest BCUT2D eigenvalue weighted by molar-refractivity contribution is 0.542. The minimum absolute atomic E-state index is 1.18. The van der Waals surface area contributed by atoms with Gasteiger partial charge in [-0.1, -0.05) is 179 Å². The number of hydrogen-bond donors (Lipinski definition) is 0. The minimum atomic E-state index is 1.18. The van der Waals surface area contributed by atoms with E-state index in [4.69, 9.17) is 0 Å². The lowest BCUT2D eigenvalue weighted by Crippen LogP contribution is -1.96. The van der Waals surface area contributed by atoms with E-state index in [2.05, 4.69) is 97.7 Å². The highest BCUT2D eigenvalue weighted by Crippen LogP contribution is 2.36. The van der Waals surface area contributed by atoms with Crippen LogP contribution in [0.3, 0.4) is 0 Å². The highest BCUT2D eigenvalue weighted by molar-refractivity contribution is 6.20. The Morgan fingerprint density at radius 1 is 0.315 bits per heavy atom. The predicted octanol–water partition coefficient (Wildman–Crippen LogP) is 16.6. The molecule has 2 aromatic heterocycles. The van der Waals surface area contributed by atoms with E-state index < -0.39 is 0 Å². The average Bonchev–Trinajstić information content (AvgIpc) is 3.66. The van der Waals surface area contributed by atoms with E-state index in [1.165, 1.54) is 232 Å². The molecule has 0 aliphatic rings. The molecule has 0 amide bonds. The van der Waals surface area contributed by atoms with Crippen molar-refractivity contribution in [1.29, 1.82) is 0 Å². The first-order valence-corrected chi connectivity index (χ1v) is 22.9. The molecule has 54 heavy (non-hydrogen) atoms. The first-order chi connectivity index (χ1) is 26.6. The zero-order chi connectivity index (χ0) is 37.5. The second-order valence-electron chi connectivity index (χ2n) is 17.2. The summed E-state index contributed by atoms with van der Waals surface area (Å²) < 4.78 is 4.94. The van der Waals surface area contributed by atoms with Crippen LogP contribution in [-0.2, 0) is 26.9 Å². The van der Waals surface area contributed by atoms with Crippen LogP contribution < -0.4 is 0 Å². The molecule has 6 aromatic rings. The second-order valence-corrected chi connectivity index (χ2v) is 17.2. The molecule has 0 fully saturated rings. The van der Waals surface area contributed by atoms with Crippen molar-refractivity contribution in [1.82, 2.24) is 9.13 Å². The Kier molecular flexibility index (Phi) is 15.8. The van der Waals surface area contributed by atoms with Crippen molar-refractivity contribution in [3.63, 3.8) is 0 Å². The van der Waals surface area contributed by atoms with Crippen molar-refractivity contribution >= 4 is 54.1 Å². The molecule has 0 atom stereocenters. The summed E-state index contributed by atoms with van der Waals surface area (Å²) in [5.41, 5.74) is 5.69. The van der Waals surface area contributed by atoms with Crippen LogP contribution >= 0.6 is 0 Å². The van der Waals surface area contributed by atoms with Gasteiger partial charge in [0.1, 0.15) is 0 Å². The molecular formula is C52H74N2. The fourth-order valence-corrected chi connectivity index (χ4v) is 9.43. The van der Waals surface area contributed by atoms with Gasteiger partial charge in [-0.25, -0.2) is 0 Å². The zero-order valence-corrected chi connectivity index (χ0v) is 35.1. The third-order valence-electron chi connectivity index (χ3n) is 12.9. The predicted molar refractivity (Wildman–Crippen MR) is 241 cm³/mol. The van der Waals surface area contributed by atoms with Gasteiger partial charge in [0.05, 0.1) is 0 Å². The normalized spacial score (nSPS) is 12.1. The summed E-state index contributed by atoms with van der Waals surface area (Å²) in [5.74, 6) is 0. The fraction of sp³-hybridized carbons (Fsp3) is 0.577. The summed E-state index contributed by atoms with van der Waals surface area (Å²) in [5, 5.41) is 10.9. The van der Waals surface area contributed by atoms with Crippen LogP contribution in [0.1, 0.15) is 179 Å². The van der Waals surface area contributed by atoms with Gasteiger partial charge in [0.2, 0.25) is 0 Å². The van der Waals surface area contributed by atoms with Crippen molar-refractivity contribution in [2.75, 3.05) is 0 Å². The van der Waals surface area contributed by atoms with E-state index in [1.807, 2.05) is 0 Å². The minimum Gasteiger partial charge on any atom is -0.348 e. The smallest absolute Gasteiger partial charge is 0.0486 e. The molecule has 0 saturated carbocycles. The SMILES string of the molecule is CCCCCCCCCCCCCCc1cc2cc3ccc4c5cc6c(cc(CCCCCCCCCCCCCC)n6C)cc5ccc4c3cc2n1C. The Labute approximate surface area is 329 Å². The molecule has 0 aliphatic heterocycles. The molecule has 2 nitrogen and oxygen atoms in total. The summed E-state index contributed by atoms with van der Waals surface area (Å²) >= 11 is 0. The molecule has 6 rings (SSSR count). The van der Waals surface area contributed by atoms with Crippen molar-refractivity contribution in [3.8, 4) is 0 Å². The molecule has 0 N–H and O–H groups in total. The standard InChI is InChI=1S/C52H74N2/c1-5-7-9-11-13-15-17-19-21-23-25-27-29-45-37-43-35-41-31-33-48-47(49(41)39-51(43)53(45)3)34-32-42-36-44-38-46(54(4)52(44)40-50(42)48)30-28-26-24-22-20-18-16-14-12-10-8-6-2/h31-40H,5-30H2,1-4H3. The summed E-state index contributed by atoms with van der Waals surface area (Å²) in [6, 6.07) is 24.2. The summed E-state index contributed by atoms with van der Waals surface area (Å²) in [4.78, 5) is 0. The maximum absolute atomic E-state index is 2.47. The quantitative estimate of drug-likeness (QED) is 0.0389. The van der Waals surface area contributed by atoms with Gasteiger partial charge >= 0.3 is 0 Å². The van der Waals surface area contributed by atoms with Crippen LogP contribution in [-0.4, -0.2) is 9.13 Å². The van der Waals surface area contributed by atoms with Gasteiger partial charge in [0.25, 0.3) is 0 Å². The van der Waals surface area contributed by atoms with Crippen LogP contribution in [0.5, 0.6) is 0 Å². The first-order valence-electron chi connectivity index (χ1n) is 22.9. The van der Waals surface area contributed by atoms with Gasteiger partial charge in [-0.2, -0.15) is 0 Å². The third kappa shape index (κ3) is 10.5. The summed E-state index contributed by atoms with van der Waals surface area (Å²) in [7, 11) is 4.57. The average molecular weight is 727 g/mol. The second kappa shape index (κ2) is 21.2. The molecule has 0 radical (unpaired) electrons. The largest absolute Gasteiger partial charge is 0.348 e. The molecule has 4 aromatic carbocycles. The molecule has 292 valence electrons. The van der Waals surface area contributed by atoms with Gasteiger partial charge in [-0.05, 0) is 94.4 Å². The van der Waals surface area contributed by atoms with E-state index in [1.54, 1.807) is 0 Å². The topological polar surface area (TPSA) is 9.86 Å². The Morgan fingerprint density at radius 3 is 0.963 bits per heavy atom. The molecule has 0 saturated heterocycles. The van der Waals surface area contributed by atoms with E-state index in [0.717, 1.165) is 0 Å². The van der Waals surface area contributed by atoms with Crippen LogP contribution in [0, 0.1) is 0 Å². The van der Waals surface area contributed by atoms with Gasteiger partial charge in [0, 0.05) is 47.3 Å². The van der Waals surface area contributed by atoms with Gasteiger partial charge in [0.15, 0.2) is 0 Å². The van der Waals surface area contributed by atoms with Crippen molar-refractivity contribution in [3.05, 3.63) is 72.1 Å². The van der Waals surface area contributed by atoms with Crippen molar-refractivity contribution in [2.24, 2.45) is 14.1 Å². The number of unbranched alkanes of at least 4 members (excludes halogenated alkanes) is 22. The fourth-order valence-electron chi connectivity index (χ4n) is 9.43. The van der Waals surface area contributed by atoms with Gasteiger partial charge in [-0.15, -0.1) is 0 Å². The molecule has 0 unspecified atom stereocenters. The molecule has 0 spiro atoms. The van der Waals surface area contributed by atoms with Crippen LogP contribution in [0.2, 0.25) is 0 Å². The first kappa shape index (κ1) is 40.4.